The minimum absolute atomic E-state index is 0.197. The third-order valence-corrected chi connectivity index (χ3v) is 6.76. The van der Waals surface area contributed by atoms with Crippen molar-refractivity contribution in [1.82, 2.24) is 9.80 Å². The molecule has 0 radical (unpaired) electrons. The molecule has 0 bridgehead atoms. The largest absolute Gasteiger partial charge is 0.333 e. The minimum atomic E-state index is -4.04. The lowest BCUT2D eigenvalue weighted by Crippen LogP contribution is -2.36. The van der Waals surface area contributed by atoms with Gasteiger partial charge in [-0.2, -0.15) is 5.26 Å². The molecule has 3 aromatic carbocycles. The Morgan fingerprint density at radius 3 is 2.37 bits per heavy atom. The van der Waals surface area contributed by atoms with Crippen LogP contribution in [0.5, 0.6) is 0 Å². The molecule has 0 spiro atoms. The number of halogens is 1. The number of nitriles is 1. The molecule has 0 aliphatic heterocycles. The van der Waals surface area contributed by atoms with Gasteiger partial charge >= 0.3 is 0 Å². The molecule has 1 N–H and O–H groups in total. The number of likely N-dealkylation sites (N-methyl/N-ethyl adjacent to an activating group) is 1. The minimum Gasteiger partial charge on any atom is -0.333 e. The van der Waals surface area contributed by atoms with Crippen LogP contribution in [0.15, 0.2) is 71.6 Å². The van der Waals surface area contributed by atoms with E-state index in [9.17, 15) is 17.6 Å². The maximum absolute atomic E-state index is 13.9. The number of aryl methyl sites for hydroxylation is 1. The van der Waals surface area contributed by atoms with Crippen LogP contribution in [0.2, 0.25) is 0 Å². The molecule has 3 aromatic rings. The number of carbonyl (C=O) groups is 1. The first-order chi connectivity index (χ1) is 16.6. The second-order valence-corrected chi connectivity index (χ2v) is 10.1. The quantitative estimate of drug-likeness (QED) is 0.485. The van der Waals surface area contributed by atoms with E-state index in [0.717, 1.165) is 11.6 Å². The second kappa shape index (κ2) is 11.1. The fourth-order valence-electron chi connectivity index (χ4n) is 3.33. The number of nitrogens with zero attached hydrogens (tertiary/aromatic N) is 3. The Hall–Kier alpha value is -3.74. The van der Waals surface area contributed by atoms with Crippen LogP contribution in [0.1, 0.15) is 27.0 Å². The lowest BCUT2D eigenvalue weighted by molar-refractivity contribution is 0.0732. The van der Waals surface area contributed by atoms with Gasteiger partial charge in [-0.15, -0.1) is 0 Å². The zero-order chi connectivity index (χ0) is 25.6. The van der Waals surface area contributed by atoms with Gasteiger partial charge in [0.05, 0.1) is 16.5 Å². The summed E-state index contributed by atoms with van der Waals surface area (Å²) in [4.78, 5) is 16.8. The molecule has 3 rings (SSSR count). The molecule has 0 aromatic heterocycles. The predicted octanol–water partition coefficient (Wildman–Crippen LogP) is 4.01. The van der Waals surface area contributed by atoms with Crippen LogP contribution in [0.25, 0.3) is 0 Å². The van der Waals surface area contributed by atoms with E-state index in [1.807, 2.05) is 19.0 Å². The SMILES string of the molecule is Cc1ccc(S(=O)(=O)Nc2cccc(C(=O)N(CCN(C)C)Cc3ccc(C#N)cc3)c2)cc1F. The Morgan fingerprint density at radius 1 is 1.03 bits per heavy atom. The summed E-state index contributed by atoms with van der Waals surface area (Å²) in [5.74, 6) is -0.880. The number of anilines is 1. The highest BCUT2D eigenvalue weighted by Gasteiger charge is 2.19. The van der Waals surface area contributed by atoms with Gasteiger partial charge in [0, 0.05) is 30.9 Å². The van der Waals surface area contributed by atoms with Crippen LogP contribution in [-0.2, 0) is 16.6 Å². The number of rotatable bonds is 9. The first-order valence-corrected chi connectivity index (χ1v) is 12.4. The van der Waals surface area contributed by atoms with Gasteiger partial charge < -0.3 is 9.80 Å². The van der Waals surface area contributed by atoms with Crippen molar-refractivity contribution in [1.29, 1.82) is 5.26 Å². The molecule has 7 nitrogen and oxygen atoms in total. The van der Waals surface area contributed by atoms with Gasteiger partial charge in [0.15, 0.2) is 0 Å². The van der Waals surface area contributed by atoms with E-state index in [-0.39, 0.29) is 16.5 Å². The predicted molar refractivity (Wildman–Crippen MR) is 133 cm³/mol. The molecule has 0 saturated heterocycles. The Morgan fingerprint density at radius 2 is 1.74 bits per heavy atom. The third kappa shape index (κ3) is 6.88. The normalized spacial score (nSPS) is 11.2. The smallest absolute Gasteiger partial charge is 0.261 e. The van der Waals surface area contributed by atoms with Crippen molar-refractivity contribution in [2.75, 3.05) is 31.9 Å². The van der Waals surface area contributed by atoms with Gasteiger partial charge in [-0.05, 0) is 74.6 Å². The molecule has 0 saturated carbocycles. The number of carbonyl (C=O) groups excluding carboxylic acids is 1. The molecule has 9 heteroatoms. The van der Waals surface area contributed by atoms with Crippen molar-refractivity contribution in [3.8, 4) is 6.07 Å². The summed E-state index contributed by atoms with van der Waals surface area (Å²) in [7, 11) is -0.219. The monoisotopic (exact) mass is 494 g/mol. The summed E-state index contributed by atoms with van der Waals surface area (Å²) in [5.41, 5.74) is 2.26. The number of amides is 1. The molecule has 0 aliphatic rings. The topological polar surface area (TPSA) is 93.5 Å². The number of hydrogen-bond acceptors (Lipinski definition) is 5. The summed E-state index contributed by atoms with van der Waals surface area (Å²) in [6.45, 7) is 2.96. The van der Waals surface area contributed by atoms with E-state index >= 15 is 0 Å². The molecule has 182 valence electrons. The molecular weight excluding hydrogens is 467 g/mol. The number of benzene rings is 3. The van der Waals surface area contributed by atoms with Crippen LogP contribution in [0.4, 0.5) is 10.1 Å². The Bertz CT molecular complexity index is 1350. The molecular formula is C26H27FN4O3S. The van der Waals surface area contributed by atoms with E-state index < -0.39 is 15.8 Å². The Balaban J connectivity index is 1.83. The van der Waals surface area contributed by atoms with Crippen molar-refractivity contribution in [2.45, 2.75) is 18.4 Å². The summed E-state index contributed by atoms with van der Waals surface area (Å²) >= 11 is 0. The Labute approximate surface area is 205 Å². The molecule has 35 heavy (non-hydrogen) atoms. The summed E-state index contributed by atoms with van der Waals surface area (Å²) in [5, 5.41) is 9.01. The maximum Gasteiger partial charge on any atom is 0.261 e. The van der Waals surface area contributed by atoms with Gasteiger partial charge in [0.25, 0.3) is 15.9 Å². The highest BCUT2D eigenvalue weighted by molar-refractivity contribution is 7.92. The number of sulfonamides is 1. The molecule has 0 unspecified atom stereocenters. The van der Waals surface area contributed by atoms with Crippen molar-refractivity contribution < 1.29 is 17.6 Å². The lowest BCUT2D eigenvalue weighted by atomic mass is 10.1. The van der Waals surface area contributed by atoms with E-state index in [4.69, 9.17) is 5.26 Å². The zero-order valence-electron chi connectivity index (χ0n) is 19.8. The lowest BCUT2D eigenvalue weighted by Gasteiger charge is -2.25. The molecule has 0 heterocycles. The van der Waals surface area contributed by atoms with Gasteiger partial charge in [-0.25, -0.2) is 12.8 Å². The summed E-state index contributed by atoms with van der Waals surface area (Å²) in [6, 6.07) is 19.0. The first kappa shape index (κ1) is 25.9. The molecule has 0 atom stereocenters. The first-order valence-electron chi connectivity index (χ1n) is 10.9. The maximum atomic E-state index is 13.9. The fraction of sp³-hybridized carbons (Fsp3) is 0.231. The van der Waals surface area contributed by atoms with Crippen LogP contribution in [0, 0.1) is 24.1 Å². The van der Waals surface area contributed by atoms with E-state index in [2.05, 4.69) is 10.8 Å². The van der Waals surface area contributed by atoms with E-state index in [1.54, 1.807) is 48.2 Å². The van der Waals surface area contributed by atoms with Gasteiger partial charge in [0.2, 0.25) is 0 Å². The molecule has 0 aliphatic carbocycles. The molecule has 0 fully saturated rings. The second-order valence-electron chi connectivity index (χ2n) is 8.44. The van der Waals surface area contributed by atoms with Crippen molar-refractivity contribution in [3.63, 3.8) is 0 Å². The summed E-state index contributed by atoms with van der Waals surface area (Å²) in [6.07, 6.45) is 0. The van der Waals surface area contributed by atoms with Gasteiger partial charge in [-0.1, -0.05) is 24.3 Å². The third-order valence-electron chi connectivity index (χ3n) is 5.38. The van der Waals surface area contributed by atoms with E-state index in [0.29, 0.717) is 36.3 Å². The standard InChI is InChI=1S/C26H27FN4O3S/c1-19-7-12-24(16-25(19)27)35(33,34)29-23-6-4-5-22(15-23)26(32)31(14-13-30(2)3)18-21-10-8-20(17-28)9-11-21/h4-12,15-16,29H,13-14,18H2,1-3H3. The van der Waals surface area contributed by atoms with E-state index in [1.165, 1.54) is 24.3 Å². The van der Waals surface area contributed by atoms with Crippen molar-refractivity contribution >= 4 is 21.6 Å². The highest BCUT2D eigenvalue weighted by Crippen LogP contribution is 2.20. The average molecular weight is 495 g/mol. The van der Waals surface area contributed by atoms with Crippen LogP contribution in [0.3, 0.4) is 0 Å². The summed E-state index contributed by atoms with van der Waals surface area (Å²) < 4.78 is 41.8. The highest BCUT2D eigenvalue weighted by atomic mass is 32.2. The van der Waals surface area contributed by atoms with Crippen LogP contribution in [-0.4, -0.2) is 51.3 Å². The van der Waals surface area contributed by atoms with Gasteiger partial charge in [-0.3, -0.25) is 9.52 Å². The van der Waals surface area contributed by atoms with Crippen LogP contribution < -0.4 is 4.72 Å². The van der Waals surface area contributed by atoms with Gasteiger partial charge in [0.1, 0.15) is 5.82 Å². The van der Waals surface area contributed by atoms with Crippen molar-refractivity contribution in [3.05, 3.63) is 94.8 Å². The number of nitrogens with one attached hydrogen (secondary N) is 1. The van der Waals surface area contributed by atoms with Crippen molar-refractivity contribution in [2.24, 2.45) is 0 Å². The average Bonchev–Trinajstić information content (AvgIpc) is 2.83. The molecule has 1 amide bonds. The fourth-order valence-corrected chi connectivity index (χ4v) is 4.39. The number of hydrogen-bond donors (Lipinski definition) is 1. The van der Waals surface area contributed by atoms with Crippen LogP contribution >= 0.6 is 0 Å². The Kier molecular flexibility index (Phi) is 8.22. The zero-order valence-corrected chi connectivity index (χ0v) is 20.6.